The standard InChI is InChI=1S/C14H15N3O/c1-2-17(13-9-8-12(15)10-16-13)14(18)11-6-4-3-5-7-11/h3-10H,2,15H2,1H3. The van der Waals surface area contributed by atoms with Gasteiger partial charge in [0, 0.05) is 12.1 Å². The zero-order valence-corrected chi connectivity index (χ0v) is 10.2. The number of hydrogen-bond acceptors (Lipinski definition) is 3. The number of hydrogen-bond donors (Lipinski definition) is 1. The zero-order valence-electron chi connectivity index (χ0n) is 10.2. The molecular formula is C14H15N3O. The lowest BCUT2D eigenvalue weighted by Crippen LogP contribution is -2.31. The van der Waals surface area contributed by atoms with Crippen LogP contribution in [0.2, 0.25) is 0 Å². The molecule has 0 saturated heterocycles. The summed E-state index contributed by atoms with van der Waals surface area (Å²) >= 11 is 0. The summed E-state index contributed by atoms with van der Waals surface area (Å²) in [6.07, 6.45) is 1.55. The molecule has 0 unspecified atom stereocenters. The van der Waals surface area contributed by atoms with Crippen molar-refractivity contribution < 1.29 is 4.79 Å². The molecule has 4 nitrogen and oxygen atoms in total. The van der Waals surface area contributed by atoms with E-state index in [1.807, 2.05) is 25.1 Å². The fourth-order valence-electron chi connectivity index (χ4n) is 1.70. The van der Waals surface area contributed by atoms with Gasteiger partial charge in [0.1, 0.15) is 5.82 Å². The van der Waals surface area contributed by atoms with Crippen LogP contribution in [0.25, 0.3) is 0 Å². The van der Waals surface area contributed by atoms with Gasteiger partial charge in [0.05, 0.1) is 11.9 Å². The minimum absolute atomic E-state index is 0.0598. The SMILES string of the molecule is CCN(C(=O)c1ccccc1)c1ccc(N)cn1. The number of amides is 1. The molecule has 0 aliphatic rings. The Morgan fingerprint density at radius 2 is 1.94 bits per heavy atom. The molecule has 2 aromatic rings. The highest BCUT2D eigenvalue weighted by Gasteiger charge is 2.16. The Kier molecular flexibility index (Phi) is 3.57. The molecule has 2 N–H and O–H groups in total. The van der Waals surface area contributed by atoms with Gasteiger partial charge in [-0.3, -0.25) is 9.69 Å². The van der Waals surface area contributed by atoms with E-state index in [0.29, 0.717) is 23.6 Å². The Balaban J connectivity index is 2.29. The number of benzene rings is 1. The summed E-state index contributed by atoms with van der Waals surface area (Å²) in [6.45, 7) is 2.48. The van der Waals surface area contributed by atoms with Gasteiger partial charge < -0.3 is 5.73 Å². The third-order valence-corrected chi connectivity index (χ3v) is 2.63. The van der Waals surface area contributed by atoms with Gasteiger partial charge in [0.25, 0.3) is 5.91 Å². The smallest absolute Gasteiger partial charge is 0.259 e. The summed E-state index contributed by atoms with van der Waals surface area (Å²) in [5.41, 5.74) is 6.83. The Hall–Kier alpha value is -2.36. The van der Waals surface area contributed by atoms with Crippen LogP contribution in [0.4, 0.5) is 11.5 Å². The van der Waals surface area contributed by atoms with Crippen molar-refractivity contribution in [2.45, 2.75) is 6.92 Å². The predicted molar refractivity (Wildman–Crippen MR) is 72.4 cm³/mol. The lowest BCUT2D eigenvalue weighted by Gasteiger charge is -2.19. The largest absolute Gasteiger partial charge is 0.397 e. The molecule has 0 fully saturated rings. The number of rotatable bonds is 3. The highest BCUT2D eigenvalue weighted by atomic mass is 16.2. The number of carbonyl (C=O) groups is 1. The van der Waals surface area contributed by atoms with Crippen LogP contribution in [0.1, 0.15) is 17.3 Å². The van der Waals surface area contributed by atoms with Crippen molar-refractivity contribution in [1.82, 2.24) is 4.98 Å². The minimum atomic E-state index is -0.0598. The van der Waals surface area contributed by atoms with Crippen molar-refractivity contribution in [3.05, 3.63) is 54.2 Å². The molecule has 18 heavy (non-hydrogen) atoms. The van der Waals surface area contributed by atoms with Crippen LogP contribution in [-0.2, 0) is 0 Å². The summed E-state index contributed by atoms with van der Waals surface area (Å²) in [6, 6.07) is 12.6. The van der Waals surface area contributed by atoms with E-state index >= 15 is 0 Å². The van der Waals surface area contributed by atoms with E-state index < -0.39 is 0 Å². The van der Waals surface area contributed by atoms with Crippen LogP contribution in [0.15, 0.2) is 48.7 Å². The number of pyridine rings is 1. The molecule has 2 rings (SSSR count). The lowest BCUT2D eigenvalue weighted by atomic mass is 10.2. The summed E-state index contributed by atoms with van der Waals surface area (Å²) < 4.78 is 0. The van der Waals surface area contributed by atoms with E-state index in [9.17, 15) is 4.79 Å². The highest BCUT2D eigenvalue weighted by molar-refractivity contribution is 6.05. The van der Waals surface area contributed by atoms with Crippen molar-refractivity contribution in [1.29, 1.82) is 0 Å². The Bertz CT molecular complexity index is 522. The molecule has 0 aliphatic heterocycles. The Morgan fingerprint density at radius 3 is 2.50 bits per heavy atom. The molecular weight excluding hydrogens is 226 g/mol. The van der Waals surface area contributed by atoms with Gasteiger partial charge in [-0.2, -0.15) is 0 Å². The third-order valence-electron chi connectivity index (χ3n) is 2.63. The molecule has 0 spiro atoms. The Morgan fingerprint density at radius 1 is 1.22 bits per heavy atom. The number of anilines is 2. The molecule has 1 aromatic heterocycles. The van der Waals surface area contributed by atoms with E-state index in [1.54, 1.807) is 35.4 Å². The molecule has 0 bridgehead atoms. The van der Waals surface area contributed by atoms with Gasteiger partial charge in [-0.1, -0.05) is 18.2 Å². The van der Waals surface area contributed by atoms with Crippen LogP contribution >= 0.6 is 0 Å². The number of nitrogens with zero attached hydrogens (tertiary/aromatic N) is 2. The predicted octanol–water partition coefficient (Wildman–Crippen LogP) is 2.33. The first-order chi connectivity index (χ1) is 8.72. The summed E-state index contributed by atoms with van der Waals surface area (Å²) in [5.74, 6) is 0.552. The number of carbonyl (C=O) groups excluding carboxylic acids is 1. The fraction of sp³-hybridized carbons (Fsp3) is 0.143. The van der Waals surface area contributed by atoms with E-state index in [2.05, 4.69) is 4.98 Å². The molecule has 1 amide bonds. The molecule has 0 radical (unpaired) electrons. The van der Waals surface area contributed by atoms with Crippen LogP contribution in [-0.4, -0.2) is 17.4 Å². The number of nitrogens with two attached hydrogens (primary N) is 1. The first kappa shape index (κ1) is 12.1. The average Bonchev–Trinajstić information content (AvgIpc) is 2.42. The molecule has 0 atom stereocenters. The fourth-order valence-corrected chi connectivity index (χ4v) is 1.70. The molecule has 1 heterocycles. The Labute approximate surface area is 106 Å². The van der Waals surface area contributed by atoms with E-state index in [-0.39, 0.29) is 5.91 Å². The van der Waals surface area contributed by atoms with Crippen LogP contribution in [0.5, 0.6) is 0 Å². The highest BCUT2D eigenvalue weighted by Crippen LogP contribution is 2.15. The van der Waals surface area contributed by atoms with Crippen molar-refractivity contribution in [3.63, 3.8) is 0 Å². The van der Waals surface area contributed by atoms with Gasteiger partial charge in [-0.15, -0.1) is 0 Å². The van der Waals surface area contributed by atoms with Crippen molar-refractivity contribution in [2.75, 3.05) is 17.2 Å². The summed E-state index contributed by atoms with van der Waals surface area (Å²) in [7, 11) is 0. The maximum absolute atomic E-state index is 12.3. The minimum Gasteiger partial charge on any atom is -0.397 e. The maximum atomic E-state index is 12.3. The number of nitrogen functional groups attached to an aromatic ring is 1. The van der Waals surface area contributed by atoms with Crippen LogP contribution in [0, 0.1) is 0 Å². The first-order valence-corrected chi connectivity index (χ1v) is 5.81. The van der Waals surface area contributed by atoms with Gasteiger partial charge in [0.15, 0.2) is 0 Å². The summed E-state index contributed by atoms with van der Waals surface area (Å²) in [4.78, 5) is 18.1. The monoisotopic (exact) mass is 241 g/mol. The second-order valence-electron chi connectivity index (χ2n) is 3.87. The van der Waals surface area contributed by atoms with Gasteiger partial charge in [0.2, 0.25) is 0 Å². The maximum Gasteiger partial charge on any atom is 0.259 e. The van der Waals surface area contributed by atoms with Crippen molar-refractivity contribution >= 4 is 17.4 Å². The third kappa shape index (κ3) is 2.48. The van der Waals surface area contributed by atoms with Gasteiger partial charge in [-0.25, -0.2) is 4.98 Å². The van der Waals surface area contributed by atoms with Crippen LogP contribution in [0.3, 0.4) is 0 Å². The van der Waals surface area contributed by atoms with Gasteiger partial charge in [-0.05, 0) is 31.2 Å². The first-order valence-electron chi connectivity index (χ1n) is 5.81. The van der Waals surface area contributed by atoms with E-state index in [1.165, 1.54) is 0 Å². The van der Waals surface area contributed by atoms with Gasteiger partial charge >= 0.3 is 0 Å². The lowest BCUT2D eigenvalue weighted by molar-refractivity contribution is 0.0987. The van der Waals surface area contributed by atoms with Crippen molar-refractivity contribution in [3.8, 4) is 0 Å². The second kappa shape index (κ2) is 5.31. The molecule has 92 valence electrons. The van der Waals surface area contributed by atoms with Crippen molar-refractivity contribution in [2.24, 2.45) is 0 Å². The molecule has 1 aromatic carbocycles. The summed E-state index contributed by atoms with van der Waals surface area (Å²) in [5, 5.41) is 0. The van der Waals surface area contributed by atoms with E-state index in [4.69, 9.17) is 5.73 Å². The van der Waals surface area contributed by atoms with Crippen LogP contribution < -0.4 is 10.6 Å². The zero-order chi connectivity index (χ0) is 13.0. The molecule has 4 heteroatoms. The topological polar surface area (TPSA) is 59.2 Å². The molecule has 0 aliphatic carbocycles. The second-order valence-corrected chi connectivity index (χ2v) is 3.87. The quantitative estimate of drug-likeness (QED) is 0.897. The van der Waals surface area contributed by atoms with E-state index in [0.717, 1.165) is 0 Å². The average molecular weight is 241 g/mol. The normalized spacial score (nSPS) is 10.1. The number of aromatic nitrogens is 1. The molecule has 0 saturated carbocycles.